The topological polar surface area (TPSA) is 168 Å². The Morgan fingerprint density at radius 1 is 0.750 bits per heavy atom. The van der Waals surface area contributed by atoms with Gasteiger partial charge in [-0.3, -0.25) is 17.3 Å². The molecule has 0 spiro atoms. The summed E-state index contributed by atoms with van der Waals surface area (Å²) in [5.74, 6) is 0. The summed E-state index contributed by atoms with van der Waals surface area (Å²) in [5.41, 5.74) is 0. The fourth-order valence-electron chi connectivity index (χ4n) is 0.794. The van der Waals surface area contributed by atoms with Crippen LogP contribution in [0.15, 0.2) is 12.4 Å². The van der Waals surface area contributed by atoms with E-state index in [4.69, 9.17) is 40.2 Å². The summed E-state index contributed by atoms with van der Waals surface area (Å²) >= 11 is 0. The van der Waals surface area contributed by atoms with Crippen LogP contribution < -0.4 is 0 Å². The van der Waals surface area contributed by atoms with Crippen LogP contribution in [0.5, 0.6) is 0 Å². The van der Waals surface area contributed by atoms with Crippen molar-refractivity contribution in [1.29, 1.82) is 0 Å². The number of nitrogens with zero attached hydrogens (tertiary/aromatic N) is 2. The Bertz CT molecular complexity index is 238. The molecule has 0 aromatic heterocycles. The van der Waals surface area contributed by atoms with Gasteiger partial charge < -0.3 is 50.0 Å². The maximum atomic E-state index is 10.1. The molecule has 1 aliphatic rings. The molecule has 1 rings (SSSR count). The number of rotatable bonds is 1. The monoisotopic (exact) mass is 368 g/mol. The quantitative estimate of drug-likeness (QED) is 0.171. The number of halogens is 4. The molecule has 0 unspecified atom stereocenters. The highest BCUT2D eigenvalue weighted by Gasteiger charge is 2.03. The van der Waals surface area contributed by atoms with Crippen LogP contribution in [0.4, 0.5) is 17.3 Å². The standard InChI is InChI=1S/C6H12N2.4BFH2O2/c1-3-8-5-4-7(2)6-8;4*2-1(3)4/h4-5H,3,6H2,1-2H3;4*3-4H. The average molecular weight is 367 g/mol. The van der Waals surface area contributed by atoms with Gasteiger partial charge in [0.2, 0.25) is 0 Å². The molecule has 1 heterocycles. The Hall–Kier alpha value is -1.00. The Morgan fingerprint density at radius 3 is 1.08 bits per heavy atom. The van der Waals surface area contributed by atoms with E-state index in [-0.39, 0.29) is 0 Å². The van der Waals surface area contributed by atoms with Crippen LogP contribution >= 0.6 is 0 Å². The third-order valence-electron chi connectivity index (χ3n) is 1.34. The van der Waals surface area contributed by atoms with Crippen molar-refractivity contribution in [1.82, 2.24) is 9.80 Å². The predicted molar refractivity (Wildman–Crippen MR) is 79.3 cm³/mol. The van der Waals surface area contributed by atoms with Crippen molar-refractivity contribution in [2.75, 3.05) is 20.3 Å². The van der Waals surface area contributed by atoms with Crippen LogP contribution in [0.1, 0.15) is 6.92 Å². The van der Waals surface area contributed by atoms with E-state index >= 15 is 0 Å². The summed E-state index contributed by atoms with van der Waals surface area (Å²) in [4.78, 5) is 4.41. The fraction of sp³-hybridized carbons (Fsp3) is 0.667. The predicted octanol–water partition coefficient (Wildman–Crippen LogP) is -3.62. The highest BCUT2D eigenvalue weighted by Crippen LogP contribution is 2.00. The fourth-order valence-corrected chi connectivity index (χ4v) is 0.794. The molecular formula is C6H20B4F4N2O8. The lowest BCUT2D eigenvalue weighted by Crippen LogP contribution is -2.21. The molecule has 10 nitrogen and oxygen atoms in total. The minimum absolute atomic E-state index is 1.05. The third kappa shape index (κ3) is 84.0. The lowest BCUT2D eigenvalue weighted by molar-refractivity contribution is 0.308. The van der Waals surface area contributed by atoms with Gasteiger partial charge in [-0.1, -0.05) is 0 Å². The molecule has 0 radical (unpaired) electrons. The van der Waals surface area contributed by atoms with E-state index in [1.165, 1.54) is 0 Å². The summed E-state index contributed by atoms with van der Waals surface area (Å²) in [6.45, 7) is 4.32. The van der Waals surface area contributed by atoms with E-state index in [0.717, 1.165) is 13.2 Å². The SMILES string of the molecule is CCN1C=CN(C)C1.OB(O)F.OB(O)F.OB(O)F.OB(O)F. The molecule has 24 heavy (non-hydrogen) atoms. The van der Waals surface area contributed by atoms with Gasteiger partial charge in [0.25, 0.3) is 0 Å². The molecule has 8 N–H and O–H groups in total. The molecule has 0 aliphatic carbocycles. The molecule has 0 aromatic rings. The first-order valence-corrected chi connectivity index (χ1v) is 5.89. The molecule has 0 saturated carbocycles. The molecule has 142 valence electrons. The maximum Gasteiger partial charge on any atom is 0.674 e. The van der Waals surface area contributed by atoms with Gasteiger partial charge in [-0.25, -0.2) is 0 Å². The first-order chi connectivity index (χ1) is 10.8. The van der Waals surface area contributed by atoms with E-state index < -0.39 is 29.6 Å². The third-order valence-corrected chi connectivity index (χ3v) is 1.34. The minimum Gasteiger partial charge on any atom is -0.398 e. The van der Waals surface area contributed by atoms with Crippen LogP contribution in [-0.2, 0) is 0 Å². The van der Waals surface area contributed by atoms with Crippen molar-refractivity contribution in [3.63, 3.8) is 0 Å². The van der Waals surface area contributed by atoms with Crippen LogP contribution in [0.2, 0.25) is 0 Å². The number of hydrogen-bond acceptors (Lipinski definition) is 10. The van der Waals surface area contributed by atoms with Crippen molar-refractivity contribution >= 4 is 29.6 Å². The van der Waals surface area contributed by atoms with Gasteiger partial charge in [0, 0.05) is 26.0 Å². The molecule has 0 aromatic carbocycles. The highest BCUT2D eigenvalue weighted by molar-refractivity contribution is 6.32. The van der Waals surface area contributed by atoms with Crippen molar-refractivity contribution < 1.29 is 57.5 Å². The Balaban J connectivity index is -0.000000110. The molecule has 0 atom stereocenters. The van der Waals surface area contributed by atoms with Gasteiger partial charge in [-0.2, -0.15) is 0 Å². The zero-order chi connectivity index (χ0) is 20.3. The molecule has 0 bridgehead atoms. The van der Waals surface area contributed by atoms with Crippen molar-refractivity contribution in [2.24, 2.45) is 0 Å². The Kier molecular flexibility index (Phi) is 28.3. The van der Waals surface area contributed by atoms with Crippen LogP contribution in [0, 0.1) is 0 Å². The van der Waals surface area contributed by atoms with Crippen LogP contribution in [-0.4, -0.2) is 99.8 Å². The van der Waals surface area contributed by atoms with E-state index in [1.54, 1.807) is 0 Å². The molecule has 0 saturated heterocycles. The zero-order valence-corrected chi connectivity index (χ0v) is 12.9. The summed E-state index contributed by atoms with van der Waals surface area (Å²) in [6.07, 6.45) is 4.20. The average Bonchev–Trinajstić information content (AvgIpc) is 2.72. The van der Waals surface area contributed by atoms with Gasteiger partial charge in [0.05, 0.1) is 6.67 Å². The zero-order valence-electron chi connectivity index (χ0n) is 12.9. The summed E-state index contributed by atoms with van der Waals surface area (Å²) in [6, 6.07) is 0. The van der Waals surface area contributed by atoms with Gasteiger partial charge in [-0.15, -0.1) is 0 Å². The summed E-state index contributed by atoms with van der Waals surface area (Å²) in [5, 5.41) is 55.6. The van der Waals surface area contributed by atoms with Gasteiger partial charge in [-0.05, 0) is 6.92 Å². The highest BCUT2D eigenvalue weighted by atomic mass is 19.1. The normalized spacial score (nSPS) is 10.6. The smallest absolute Gasteiger partial charge is 0.398 e. The summed E-state index contributed by atoms with van der Waals surface area (Å²) in [7, 11) is -8.59. The second-order valence-electron chi connectivity index (χ2n) is 3.34. The molecular weight excluding hydrogens is 347 g/mol. The van der Waals surface area contributed by atoms with Crippen molar-refractivity contribution in [3.05, 3.63) is 12.4 Å². The van der Waals surface area contributed by atoms with E-state index in [9.17, 15) is 17.3 Å². The van der Waals surface area contributed by atoms with E-state index in [2.05, 4.69) is 36.2 Å². The molecule has 18 heteroatoms. The Labute approximate surface area is 137 Å². The Morgan fingerprint density at radius 2 is 1.00 bits per heavy atom. The van der Waals surface area contributed by atoms with Gasteiger partial charge >= 0.3 is 29.6 Å². The summed E-state index contributed by atoms with van der Waals surface area (Å²) < 4.78 is 40.4. The second kappa shape index (κ2) is 22.0. The minimum atomic E-state index is -2.67. The molecule has 1 aliphatic heterocycles. The first kappa shape index (κ1) is 30.8. The lowest BCUT2D eigenvalue weighted by Gasteiger charge is -2.14. The van der Waals surface area contributed by atoms with Crippen LogP contribution in [0.25, 0.3) is 0 Å². The van der Waals surface area contributed by atoms with Crippen LogP contribution in [0.3, 0.4) is 0 Å². The molecule has 0 amide bonds. The van der Waals surface area contributed by atoms with Crippen molar-refractivity contribution in [2.45, 2.75) is 6.92 Å². The first-order valence-electron chi connectivity index (χ1n) is 5.89. The second-order valence-corrected chi connectivity index (χ2v) is 3.34. The largest absolute Gasteiger partial charge is 0.674 e. The van der Waals surface area contributed by atoms with E-state index in [1.807, 2.05) is 0 Å². The lowest BCUT2D eigenvalue weighted by atomic mass is 10.3. The van der Waals surface area contributed by atoms with Crippen molar-refractivity contribution in [3.8, 4) is 0 Å². The maximum absolute atomic E-state index is 10.1. The van der Waals surface area contributed by atoms with Gasteiger partial charge in [0.1, 0.15) is 0 Å². The molecule has 0 fully saturated rings. The number of hydrogen-bond donors (Lipinski definition) is 8. The van der Waals surface area contributed by atoms with Gasteiger partial charge in [0.15, 0.2) is 0 Å². The van der Waals surface area contributed by atoms with E-state index in [0.29, 0.717) is 0 Å².